The molecular formula is C13H14F3N3O3S. The van der Waals surface area contributed by atoms with Gasteiger partial charge in [0.05, 0.1) is 11.8 Å². The van der Waals surface area contributed by atoms with E-state index >= 15 is 0 Å². The third-order valence-electron chi connectivity index (χ3n) is 2.85. The quantitative estimate of drug-likeness (QED) is 0.917. The van der Waals surface area contributed by atoms with Crippen LogP contribution in [0.25, 0.3) is 11.4 Å². The molecule has 1 aromatic heterocycles. The van der Waals surface area contributed by atoms with Crippen LogP contribution in [0.15, 0.2) is 28.8 Å². The highest BCUT2D eigenvalue weighted by Crippen LogP contribution is 2.32. The highest BCUT2D eigenvalue weighted by molar-refractivity contribution is 7.88. The molecule has 2 rings (SSSR count). The Balaban J connectivity index is 2.36. The molecule has 0 saturated carbocycles. The lowest BCUT2D eigenvalue weighted by Crippen LogP contribution is -2.40. The number of halogens is 3. The van der Waals surface area contributed by atoms with Gasteiger partial charge in [-0.3, -0.25) is 0 Å². The van der Waals surface area contributed by atoms with E-state index in [0.717, 1.165) is 18.4 Å². The molecule has 0 atom stereocenters. The van der Waals surface area contributed by atoms with Crippen molar-refractivity contribution in [3.05, 3.63) is 35.7 Å². The first kappa shape index (κ1) is 17.4. The van der Waals surface area contributed by atoms with Gasteiger partial charge in [-0.25, -0.2) is 13.1 Å². The van der Waals surface area contributed by atoms with Gasteiger partial charge in [0.15, 0.2) is 0 Å². The van der Waals surface area contributed by atoms with E-state index in [1.807, 2.05) is 0 Å². The fourth-order valence-electron chi connectivity index (χ4n) is 1.94. The van der Waals surface area contributed by atoms with Crippen LogP contribution in [-0.4, -0.2) is 24.8 Å². The summed E-state index contributed by atoms with van der Waals surface area (Å²) in [6.07, 6.45) is -3.52. The molecule has 0 amide bonds. The Morgan fingerprint density at radius 2 is 1.87 bits per heavy atom. The SMILES string of the molecule is CC(C)(NS(C)(=O)=O)c1nc(-c2cccc(C(F)(F)F)c2)no1. The van der Waals surface area contributed by atoms with Gasteiger partial charge in [0.25, 0.3) is 0 Å². The molecule has 0 aliphatic heterocycles. The standard InChI is InChI=1S/C13H14F3N3O3S/c1-12(2,19-23(3,20)21)11-17-10(18-22-11)8-5-4-6-9(7-8)13(14,15)16/h4-7,19H,1-3H3. The average Bonchev–Trinajstić information content (AvgIpc) is 2.85. The number of sulfonamides is 1. The molecule has 126 valence electrons. The van der Waals surface area contributed by atoms with E-state index in [-0.39, 0.29) is 17.3 Å². The molecule has 0 saturated heterocycles. The maximum Gasteiger partial charge on any atom is 0.416 e. The number of nitrogens with zero attached hydrogens (tertiary/aromatic N) is 2. The first-order valence-electron chi connectivity index (χ1n) is 6.39. The van der Waals surface area contributed by atoms with Gasteiger partial charge in [-0.05, 0) is 26.0 Å². The van der Waals surface area contributed by atoms with Crippen molar-refractivity contribution in [2.75, 3.05) is 6.26 Å². The molecule has 2 aromatic rings. The largest absolute Gasteiger partial charge is 0.416 e. The van der Waals surface area contributed by atoms with Crippen LogP contribution in [-0.2, 0) is 21.7 Å². The summed E-state index contributed by atoms with van der Waals surface area (Å²) in [6, 6.07) is 4.46. The highest BCUT2D eigenvalue weighted by Gasteiger charge is 2.33. The van der Waals surface area contributed by atoms with Gasteiger partial charge in [-0.1, -0.05) is 17.3 Å². The number of rotatable bonds is 4. The molecule has 0 aliphatic carbocycles. The molecule has 6 nitrogen and oxygen atoms in total. The lowest BCUT2D eigenvalue weighted by atomic mass is 10.1. The Labute approximate surface area is 130 Å². The van der Waals surface area contributed by atoms with Crippen molar-refractivity contribution >= 4 is 10.0 Å². The molecule has 0 spiro atoms. The lowest BCUT2D eigenvalue weighted by Gasteiger charge is -2.19. The minimum Gasteiger partial charge on any atom is -0.337 e. The van der Waals surface area contributed by atoms with Crippen molar-refractivity contribution in [2.45, 2.75) is 25.6 Å². The highest BCUT2D eigenvalue weighted by atomic mass is 32.2. The predicted octanol–water partition coefficient (Wildman–Crippen LogP) is 2.54. The zero-order valence-electron chi connectivity index (χ0n) is 12.5. The summed E-state index contributed by atoms with van der Waals surface area (Å²) in [4.78, 5) is 3.99. The van der Waals surface area contributed by atoms with Crippen molar-refractivity contribution in [2.24, 2.45) is 0 Å². The summed E-state index contributed by atoms with van der Waals surface area (Å²) < 4.78 is 68.1. The summed E-state index contributed by atoms with van der Waals surface area (Å²) in [5.41, 5.74) is -1.92. The molecule has 0 bridgehead atoms. The van der Waals surface area contributed by atoms with Gasteiger partial charge in [-0.2, -0.15) is 18.2 Å². The zero-order chi connectivity index (χ0) is 17.5. The Bertz CT molecular complexity index is 813. The topological polar surface area (TPSA) is 85.1 Å². The fraction of sp³-hybridized carbons (Fsp3) is 0.385. The predicted molar refractivity (Wildman–Crippen MR) is 75.7 cm³/mol. The average molecular weight is 349 g/mol. The van der Waals surface area contributed by atoms with E-state index in [1.165, 1.54) is 26.0 Å². The van der Waals surface area contributed by atoms with E-state index in [0.29, 0.717) is 0 Å². The molecular weight excluding hydrogens is 335 g/mol. The molecule has 0 radical (unpaired) electrons. The van der Waals surface area contributed by atoms with E-state index in [1.54, 1.807) is 0 Å². The van der Waals surface area contributed by atoms with E-state index in [2.05, 4.69) is 14.9 Å². The summed E-state index contributed by atoms with van der Waals surface area (Å²) in [5, 5.41) is 3.62. The smallest absolute Gasteiger partial charge is 0.337 e. The van der Waals surface area contributed by atoms with Crippen molar-refractivity contribution < 1.29 is 26.1 Å². The van der Waals surface area contributed by atoms with Crippen LogP contribution >= 0.6 is 0 Å². The number of benzene rings is 1. The van der Waals surface area contributed by atoms with Crippen LogP contribution in [0.5, 0.6) is 0 Å². The third-order valence-corrected chi connectivity index (χ3v) is 3.73. The van der Waals surface area contributed by atoms with Crippen molar-refractivity contribution in [1.82, 2.24) is 14.9 Å². The molecule has 1 heterocycles. The maximum atomic E-state index is 12.7. The van der Waals surface area contributed by atoms with Gasteiger partial charge in [-0.15, -0.1) is 0 Å². The van der Waals surface area contributed by atoms with Gasteiger partial charge >= 0.3 is 6.18 Å². The van der Waals surface area contributed by atoms with Crippen LogP contribution in [0.3, 0.4) is 0 Å². The number of alkyl halides is 3. The number of hydrogen-bond donors (Lipinski definition) is 1. The number of aromatic nitrogens is 2. The Morgan fingerprint density at radius 3 is 2.43 bits per heavy atom. The van der Waals surface area contributed by atoms with Crippen LogP contribution in [0.1, 0.15) is 25.3 Å². The first-order chi connectivity index (χ1) is 10.4. The third kappa shape index (κ3) is 4.29. The molecule has 1 aromatic carbocycles. The first-order valence-corrected chi connectivity index (χ1v) is 8.28. The summed E-state index contributed by atoms with van der Waals surface area (Å²) in [6.45, 7) is 3.00. The minimum absolute atomic E-state index is 0.0599. The number of hydrogen-bond acceptors (Lipinski definition) is 5. The van der Waals surface area contributed by atoms with Crippen molar-refractivity contribution in [1.29, 1.82) is 0 Å². The van der Waals surface area contributed by atoms with Crippen LogP contribution in [0.2, 0.25) is 0 Å². The van der Waals surface area contributed by atoms with Gasteiger partial charge in [0.2, 0.25) is 21.7 Å². The van der Waals surface area contributed by atoms with Gasteiger partial charge < -0.3 is 4.52 Å². The molecule has 10 heteroatoms. The second kappa shape index (κ2) is 5.60. The van der Waals surface area contributed by atoms with Gasteiger partial charge in [0, 0.05) is 5.56 Å². The monoisotopic (exact) mass is 349 g/mol. The van der Waals surface area contributed by atoms with E-state index in [4.69, 9.17) is 4.52 Å². The van der Waals surface area contributed by atoms with Crippen LogP contribution < -0.4 is 4.72 Å². The second-order valence-electron chi connectivity index (χ2n) is 5.50. The minimum atomic E-state index is -4.49. The molecule has 0 unspecified atom stereocenters. The Morgan fingerprint density at radius 1 is 1.22 bits per heavy atom. The van der Waals surface area contributed by atoms with E-state index < -0.39 is 27.3 Å². The Kier molecular flexibility index (Phi) is 4.24. The molecule has 23 heavy (non-hydrogen) atoms. The lowest BCUT2D eigenvalue weighted by molar-refractivity contribution is -0.137. The zero-order valence-corrected chi connectivity index (χ0v) is 13.3. The summed E-state index contributed by atoms with van der Waals surface area (Å²) in [7, 11) is -3.54. The van der Waals surface area contributed by atoms with Crippen LogP contribution in [0.4, 0.5) is 13.2 Å². The normalized spacial score (nSPS) is 13.3. The fourth-order valence-corrected chi connectivity index (χ4v) is 2.95. The summed E-state index contributed by atoms with van der Waals surface area (Å²) >= 11 is 0. The molecule has 0 aliphatic rings. The van der Waals surface area contributed by atoms with E-state index in [9.17, 15) is 21.6 Å². The van der Waals surface area contributed by atoms with Gasteiger partial charge in [0.1, 0.15) is 5.54 Å². The second-order valence-corrected chi connectivity index (χ2v) is 7.25. The maximum absolute atomic E-state index is 12.7. The van der Waals surface area contributed by atoms with Crippen molar-refractivity contribution in [3.8, 4) is 11.4 Å². The summed E-state index contributed by atoms with van der Waals surface area (Å²) in [5.74, 6) is -0.121. The molecule has 1 N–H and O–H groups in total. The Hall–Kier alpha value is -1.94. The van der Waals surface area contributed by atoms with Crippen LogP contribution in [0, 0.1) is 0 Å². The number of nitrogens with one attached hydrogen (secondary N) is 1. The van der Waals surface area contributed by atoms with Crippen molar-refractivity contribution in [3.63, 3.8) is 0 Å². The molecule has 0 fully saturated rings.